The molecule has 122 valence electrons. The summed E-state index contributed by atoms with van der Waals surface area (Å²) in [5.74, 6) is 1.19. The molecule has 0 aliphatic heterocycles. The van der Waals surface area contributed by atoms with Crippen LogP contribution in [0.5, 0.6) is 11.5 Å². The van der Waals surface area contributed by atoms with Crippen LogP contribution in [0, 0.1) is 6.92 Å². The normalized spacial score (nSPS) is 10.2. The second kappa shape index (κ2) is 8.83. The third kappa shape index (κ3) is 5.33. The molecular weight excluding hydrogens is 290 g/mol. The standard InChI is InChI=1S/C19H23NO3/c1-3-4-13-22-18-12-8-6-10-16(18)20-19(21)14-23-17-11-7-5-9-15(17)2/h5-12H,3-4,13-14H2,1-2H3,(H,20,21). The fraction of sp³-hybridized carbons (Fsp3) is 0.316. The average molecular weight is 313 g/mol. The molecule has 0 atom stereocenters. The lowest BCUT2D eigenvalue weighted by atomic mass is 10.2. The van der Waals surface area contributed by atoms with E-state index in [-0.39, 0.29) is 12.5 Å². The number of unbranched alkanes of at least 4 members (excludes halogenated alkanes) is 1. The van der Waals surface area contributed by atoms with Crippen molar-refractivity contribution in [3.05, 3.63) is 54.1 Å². The highest BCUT2D eigenvalue weighted by atomic mass is 16.5. The van der Waals surface area contributed by atoms with Crippen LogP contribution in [0.25, 0.3) is 0 Å². The van der Waals surface area contributed by atoms with Crippen molar-refractivity contribution in [1.82, 2.24) is 0 Å². The van der Waals surface area contributed by atoms with Crippen LogP contribution in [-0.4, -0.2) is 19.1 Å². The predicted molar refractivity (Wildman–Crippen MR) is 92.1 cm³/mol. The Hall–Kier alpha value is -2.49. The third-order valence-electron chi connectivity index (χ3n) is 3.37. The zero-order valence-electron chi connectivity index (χ0n) is 13.7. The van der Waals surface area contributed by atoms with Crippen molar-refractivity contribution in [1.29, 1.82) is 0 Å². The number of ether oxygens (including phenoxy) is 2. The van der Waals surface area contributed by atoms with Gasteiger partial charge in [-0.05, 0) is 37.1 Å². The van der Waals surface area contributed by atoms with Gasteiger partial charge in [0.05, 0.1) is 12.3 Å². The summed E-state index contributed by atoms with van der Waals surface area (Å²) in [5.41, 5.74) is 1.67. The molecule has 1 N–H and O–H groups in total. The van der Waals surface area contributed by atoms with E-state index in [0.29, 0.717) is 18.0 Å². The molecule has 0 spiro atoms. The van der Waals surface area contributed by atoms with Crippen LogP contribution >= 0.6 is 0 Å². The van der Waals surface area contributed by atoms with Crippen molar-refractivity contribution in [3.63, 3.8) is 0 Å². The summed E-state index contributed by atoms with van der Waals surface area (Å²) in [4.78, 5) is 12.1. The van der Waals surface area contributed by atoms with Crippen LogP contribution in [0.2, 0.25) is 0 Å². The third-order valence-corrected chi connectivity index (χ3v) is 3.37. The Balaban J connectivity index is 1.91. The number of nitrogens with one attached hydrogen (secondary N) is 1. The van der Waals surface area contributed by atoms with E-state index in [9.17, 15) is 4.79 Å². The number of anilines is 1. The minimum absolute atomic E-state index is 0.0336. The number of hydrogen-bond donors (Lipinski definition) is 1. The number of rotatable bonds is 8. The van der Waals surface area contributed by atoms with Gasteiger partial charge in [0.15, 0.2) is 6.61 Å². The van der Waals surface area contributed by atoms with Gasteiger partial charge in [-0.25, -0.2) is 0 Å². The monoisotopic (exact) mass is 313 g/mol. The molecule has 0 unspecified atom stereocenters. The van der Waals surface area contributed by atoms with Gasteiger partial charge in [0, 0.05) is 0 Å². The van der Waals surface area contributed by atoms with E-state index in [4.69, 9.17) is 9.47 Å². The molecule has 0 saturated carbocycles. The minimum Gasteiger partial charge on any atom is -0.491 e. The summed E-state index contributed by atoms with van der Waals surface area (Å²) < 4.78 is 11.3. The lowest BCUT2D eigenvalue weighted by molar-refractivity contribution is -0.118. The van der Waals surface area contributed by atoms with Crippen molar-refractivity contribution in [2.45, 2.75) is 26.7 Å². The SMILES string of the molecule is CCCCOc1ccccc1NC(=O)COc1ccccc1C. The van der Waals surface area contributed by atoms with E-state index in [1.807, 2.05) is 55.5 Å². The number of carbonyl (C=O) groups is 1. The largest absolute Gasteiger partial charge is 0.491 e. The Morgan fingerprint density at radius 1 is 1.00 bits per heavy atom. The highest BCUT2D eigenvalue weighted by Crippen LogP contribution is 2.24. The zero-order chi connectivity index (χ0) is 16.5. The minimum atomic E-state index is -0.209. The molecule has 0 radical (unpaired) electrons. The topological polar surface area (TPSA) is 47.6 Å². The van der Waals surface area contributed by atoms with E-state index in [0.717, 1.165) is 24.2 Å². The average Bonchev–Trinajstić information content (AvgIpc) is 2.56. The van der Waals surface area contributed by atoms with Crippen molar-refractivity contribution in [2.75, 3.05) is 18.5 Å². The Morgan fingerprint density at radius 3 is 2.43 bits per heavy atom. The molecule has 0 saturated heterocycles. The predicted octanol–water partition coefficient (Wildman–Crippen LogP) is 4.19. The van der Waals surface area contributed by atoms with Gasteiger partial charge in [0.25, 0.3) is 5.91 Å². The van der Waals surface area contributed by atoms with E-state index >= 15 is 0 Å². The van der Waals surface area contributed by atoms with Gasteiger partial charge in [0.1, 0.15) is 11.5 Å². The summed E-state index contributed by atoms with van der Waals surface area (Å²) in [7, 11) is 0. The molecule has 1 amide bonds. The molecule has 4 nitrogen and oxygen atoms in total. The molecule has 0 fully saturated rings. The van der Waals surface area contributed by atoms with Crippen molar-refractivity contribution >= 4 is 11.6 Å². The maximum Gasteiger partial charge on any atom is 0.262 e. The second-order valence-corrected chi connectivity index (χ2v) is 5.30. The molecule has 2 aromatic rings. The van der Waals surface area contributed by atoms with Gasteiger partial charge in [-0.1, -0.05) is 43.7 Å². The van der Waals surface area contributed by atoms with Crippen molar-refractivity contribution in [3.8, 4) is 11.5 Å². The van der Waals surface area contributed by atoms with E-state index < -0.39 is 0 Å². The van der Waals surface area contributed by atoms with Crippen LogP contribution in [0.15, 0.2) is 48.5 Å². The number of carbonyl (C=O) groups excluding carboxylic acids is 1. The van der Waals surface area contributed by atoms with Crippen molar-refractivity contribution < 1.29 is 14.3 Å². The highest BCUT2D eigenvalue weighted by molar-refractivity contribution is 5.93. The van der Waals surface area contributed by atoms with Gasteiger partial charge in [-0.3, -0.25) is 4.79 Å². The van der Waals surface area contributed by atoms with E-state index in [1.54, 1.807) is 0 Å². The van der Waals surface area contributed by atoms with Crippen LogP contribution in [0.1, 0.15) is 25.3 Å². The Labute approximate surface area is 137 Å². The second-order valence-electron chi connectivity index (χ2n) is 5.30. The summed E-state index contributed by atoms with van der Waals surface area (Å²) in [6, 6.07) is 15.1. The fourth-order valence-corrected chi connectivity index (χ4v) is 2.07. The Morgan fingerprint density at radius 2 is 1.70 bits per heavy atom. The number of benzene rings is 2. The maximum atomic E-state index is 12.1. The molecule has 0 heterocycles. The van der Waals surface area contributed by atoms with Gasteiger partial charge >= 0.3 is 0 Å². The summed E-state index contributed by atoms with van der Waals surface area (Å²) >= 11 is 0. The highest BCUT2D eigenvalue weighted by Gasteiger charge is 2.09. The van der Waals surface area contributed by atoms with Gasteiger partial charge in [0.2, 0.25) is 0 Å². The Kier molecular flexibility index (Phi) is 6.48. The van der Waals surface area contributed by atoms with Crippen LogP contribution in [0.3, 0.4) is 0 Å². The lowest BCUT2D eigenvalue weighted by Crippen LogP contribution is -2.20. The maximum absolute atomic E-state index is 12.1. The van der Waals surface area contributed by atoms with Crippen LogP contribution in [0.4, 0.5) is 5.69 Å². The van der Waals surface area contributed by atoms with E-state index in [2.05, 4.69) is 12.2 Å². The number of amides is 1. The molecule has 4 heteroatoms. The quantitative estimate of drug-likeness (QED) is 0.743. The molecular formula is C19H23NO3. The summed E-state index contributed by atoms with van der Waals surface area (Å²) in [5, 5.41) is 2.84. The van der Waals surface area contributed by atoms with Gasteiger partial charge in [-0.15, -0.1) is 0 Å². The van der Waals surface area contributed by atoms with Crippen LogP contribution in [-0.2, 0) is 4.79 Å². The molecule has 2 rings (SSSR count). The Bertz CT molecular complexity index is 640. The fourth-order valence-electron chi connectivity index (χ4n) is 2.07. The zero-order valence-corrected chi connectivity index (χ0v) is 13.7. The molecule has 0 bridgehead atoms. The molecule has 0 aliphatic carbocycles. The smallest absolute Gasteiger partial charge is 0.262 e. The van der Waals surface area contributed by atoms with Gasteiger partial charge in [-0.2, -0.15) is 0 Å². The molecule has 0 aromatic heterocycles. The van der Waals surface area contributed by atoms with Gasteiger partial charge < -0.3 is 14.8 Å². The summed E-state index contributed by atoms with van der Waals surface area (Å²) in [6.07, 6.45) is 2.05. The van der Waals surface area contributed by atoms with Crippen LogP contribution < -0.4 is 14.8 Å². The molecule has 2 aromatic carbocycles. The lowest BCUT2D eigenvalue weighted by Gasteiger charge is -2.13. The van der Waals surface area contributed by atoms with Crippen molar-refractivity contribution in [2.24, 2.45) is 0 Å². The number of para-hydroxylation sites is 3. The first-order chi connectivity index (χ1) is 11.2. The summed E-state index contributed by atoms with van der Waals surface area (Å²) in [6.45, 7) is 4.67. The number of aryl methyl sites for hydroxylation is 1. The number of hydrogen-bond acceptors (Lipinski definition) is 3. The molecule has 23 heavy (non-hydrogen) atoms. The first-order valence-corrected chi connectivity index (χ1v) is 7.91. The molecule has 0 aliphatic rings. The first-order valence-electron chi connectivity index (χ1n) is 7.91. The first kappa shape index (κ1) is 16.9. The van der Waals surface area contributed by atoms with E-state index in [1.165, 1.54) is 0 Å².